The van der Waals surface area contributed by atoms with Crippen molar-refractivity contribution in [3.8, 4) is 11.3 Å². The molecule has 0 bridgehead atoms. The first-order chi connectivity index (χ1) is 11.7. The van der Waals surface area contributed by atoms with Gasteiger partial charge < -0.3 is 4.98 Å². The molecule has 4 aromatic rings. The van der Waals surface area contributed by atoms with Gasteiger partial charge in [-0.1, -0.05) is 65.7 Å². The summed E-state index contributed by atoms with van der Waals surface area (Å²) in [5, 5.41) is 3.68. The van der Waals surface area contributed by atoms with Crippen LogP contribution in [0.2, 0.25) is 10.0 Å². The van der Waals surface area contributed by atoms with E-state index in [1.165, 1.54) is 10.8 Å². The quantitative estimate of drug-likeness (QED) is 0.472. The van der Waals surface area contributed by atoms with Gasteiger partial charge in [0.05, 0.1) is 5.69 Å². The van der Waals surface area contributed by atoms with Crippen LogP contribution >= 0.6 is 23.2 Å². The number of halogens is 2. The number of hydrogen-bond donors (Lipinski definition) is 1. The summed E-state index contributed by atoms with van der Waals surface area (Å²) in [5.41, 5.74) is 3.10. The molecule has 0 aliphatic carbocycles. The van der Waals surface area contributed by atoms with Gasteiger partial charge in [-0.05, 0) is 34.5 Å². The third kappa shape index (κ3) is 3.03. The van der Waals surface area contributed by atoms with E-state index in [0.29, 0.717) is 16.5 Å². The Morgan fingerprint density at radius 3 is 2.46 bits per heavy atom. The van der Waals surface area contributed by atoms with Crippen molar-refractivity contribution in [2.45, 2.75) is 6.42 Å². The zero-order valence-corrected chi connectivity index (χ0v) is 14.3. The Bertz CT molecular complexity index is 996. The molecule has 0 aliphatic rings. The van der Waals surface area contributed by atoms with Crippen LogP contribution < -0.4 is 0 Å². The van der Waals surface area contributed by atoms with E-state index in [1.807, 2.05) is 30.5 Å². The molecule has 4 heteroatoms. The monoisotopic (exact) mass is 352 g/mol. The summed E-state index contributed by atoms with van der Waals surface area (Å²) in [6.45, 7) is 0. The molecule has 2 nitrogen and oxygen atoms in total. The number of aromatic amines is 1. The van der Waals surface area contributed by atoms with Gasteiger partial charge in [0.2, 0.25) is 0 Å². The van der Waals surface area contributed by atoms with Crippen molar-refractivity contribution < 1.29 is 0 Å². The maximum atomic E-state index is 6.07. The van der Waals surface area contributed by atoms with Gasteiger partial charge >= 0.3 is 0 Å². The minimum absolute atomic E-state index is 0.637. The van der Waals surface area contributed by atoms with Gasteiger partial charge in [-0.25, -0.2) is 4.98 Å². The predicted octanol–water partition coefficient (Wildman–Crippen LogP) is 6.13. The molecule has 0 atom stereocenters. The summed E-state index contributed by atoms with van der Waals surface area (Å²) in [6.07, 6.45) is 2.61. The van der Waals surface area contributed by atoms with Crippen LogP contribution in [0, 0.1) is 0 Å². The SMILES string of the molecule is Clc1cc(Cl)cc(Cc2nc(-c3cccc4ccccc34)c[nH]2)c1. The summed E-state index contributed by atoms with van der Waals surface area (Å²) in [4.78, 5) is 8.00. The fourth-order valence-electron chi connectivity index (χ4n) is 2.95. The van der Waals surface area contributed by atoms with E-state index in [9.17, 15) is 0 Å². The van der Waals surface area contributed by atoms with Crippen LogP contribution in [0.5, 0.6) is 0 Å². The average Bonchev–Trinajstić information content (AvgIpc) is 3.01. The van der Waals surface area contributed by atoms with Crippen LogP contribution in [0.1, 0.15) is 11.4 Å². The first-order valence-electron chi connectivity index (χ1n) is 7.66. The van der Waals surface area contributed by atoms with Crippen molar-refractivity contribution in [1.29, 1.82) is 0 Å². The van der Waals surface area contributed by atoms with Crippen LogP contribution in [-0.2, 0) is 6.42 Å². The number of nitrogens with zero attached hydrogens (tertiary/aromatic N) is 1. The van der Waals surface area contributed by atoms with Crippen LogP contribution in [0.4, 0.5) is 0 Å². The Balaban J connectivity index is 1.69. The van der Waals surface area contributed by atoms with E-state index in [1.54, 1.807) is 6.07 Å². The molecule has 0 unspecified atom stereocenters. The standard InChI is InChI=1S/C20H14Cl2N2/c21-15-8-13(9-16(22)11-15)10-20-23-12-19(24-20)18-7-3-5-14-4-1-2-6-17(14)18/h1-9,11-12H,10H2,(H,23,24). The van der Waals surface area contributed by atoms with Gasteiger partial charge in [0, 0.05) is 28.2 Å². The molecule has 0 fully saturated rings. The normalized spacial score (nSPS) is 11.1. The number of nitrogens with one attached hydrogen (secondary N) is 1. The number of H-pyrrole nitrogens is 1. The molecule has 0 saturated carbocycles. The van der Waals surface area contributed by atoms with Crippen molar-refractivity contribution in [3.63, 3.8) is 0 Å². The number of benzene rings is 3. The van der Waals surface area contributed by atoms with Crippen LogP contribution in [-0.4, -0.2) is 9.97 Å². The second-order valence-electron chi connectivity index (χ2n) is 5.71. The zero-order valence-electron chi connectivity index (χ0n) is 12.8. The lowest BCUT2D eigenvalue weighted by molar-refractivity contribution is 1.03. The fourth-order valence-corrected chi connectivity index (χ4v) is 3.52. The molecule has 3 aromatic carbocycles. The maximum Gasteiger partial charge on any atom is 0.111 e. The number of fused-ring (bicyclic) bond motifs is 1. The van der Waals surface area contributed by atoms with Gasteiger partial charge in [0.1, 0.15) is 5.82 Å². The molecule has 0 saturated heterocycles. The lowest BCUT2D eigenvalue weighted by Crippen LogP contribution is -1.91. The average molecular weight is 353 g/mol. The number of rotatable bonds is 3. The molecule has 0 radical (unpaired) electrons. The predicted molar refractivity (Wildman–Crippen MR) is 101 cm³/mol. The van der Waals surface area contributed by atoms with E-state index >= 15 is 0 Å². The second-order valence-corrected chi connectivity index (χ2v) is 6.59. The van der Waals surface area contributed by atoms with E-state index in [-0.39, 0.29) is 0 Å². The van der Waals surface area contributed by atoms with Crippen LogP contribution in [0.3, 0.4) is 0 Å². The highest BCUT2D eigenvalue weighted by Crippen LogP contribution is 2.28. The number of aromatic nitrogens is 2. The number of hydrogen-bond acceptors (Lipinski definition) is 1. The van der Waals surface area contributed by atoms with Gasteiger partial charge in [-0.2, -0.15) is 0 Å². The maximum absolute atomic E-state index is 6.07. The third-order valence-corrected chi connectivity index (χ3v) is 4.43. The van der Waals surface area contributed by atoms with Crippen molar-refractivity contribution in [1.82, 2.24) is 9.97 Å². The first-order valence-corrected chi connectivity index (χ1v) is 8.42. The van der Waals surface area contributed by atoms with Gasteiger partial charge in [-0.15, -0.1) is 0 Å². The Hall–Kier alpha value is -2.29. The molecule has 1 N–H and O–H groups in total. The van der Waals surface area contributed by atoms with E-state index in [4.69, 9.17) is 28.2 Å². The minimum Gasteiger partial charge on any atom is -0.348 e. The van der Waals surface area contributed by atoms with Gasteiger partial charge in [0.15, 0.2) is 0 Å². The smallest absolute Gasteiger partial charge is 0.111 e. The van der Waals surface area contributed by atoms with Gasteiger partial charge in [-0.3, -0.25) is 0 Å². The van der Waals surface area contributed by atoms with E-state index in [0.717, 1.165) is 22.6 Å². The highest BCUT2D eigenvalue weighted by molar-refractivity contribution is 6.34. The second kappa shape index (κ2) is 6.31. The van der Waals surface area contributed by atoms with E-state index in [2.05, 4.69) is 35.3 Å². The summed E-state index contributed by atoms with van der Waals surface area (Å²) in [5.74, 6) is 0.885. The zero-order chi connectivity index (χ0) is 16.5. The topological polar surface area (TPSA) is 28.7 Å². The summed E-state index contributed by atoms with van der Waals surface area (Å²) in [6, 6.07) is 20.1. The molecule has 24 heavy (non-hydrogen) atoms. The Morgan fingerprint density at radius 1 is 0.875 bits per heavy atom. The van der Waals surface area contributed by atoms with E-state index < -0.39 is 0 Å². The van der Waals surface area contributed by atoms with Crippen molar-refractivity contribution in [3.05, 3.63) is 88.3 Å². The summed E-state index contributed by atoms with van der Waals surface area (Å²) in [7, 11) is 0. The molecular weight excluding hydrogens is 339 g/mol. The molecule has 4 rings (SSSR count). The highest BCUT2D eigenvalue weighted by atomic mass is 35.5. The Morgan fingerprint density at radius 2 is 1.62 bits per heavy atom. The van der Waals surface area contributed by atoms with Crippen molar-refractivity contribution >= 4 is 34.0 Å². The lowest BCUT2D eigenvalue weighted by Gasteiger charge is -2.03. The Labute approximate surface area is 150 Å². The highest BCUT2D eigenvalue weighted by Gasteiger charge is 2.09. The number of imidazole rings is 1. The third-order valence-electron chi connectivity index (χ3n) is 3.99. The molecular formula is C20H14Cl2N2. The molecule has 0 spiro atoms. The first kappa shape index (κ1) is 15.3. The molecule has 0 aliphatic heterocycles. The lowest BCUT2D eigenvalue weighted by atomic mass is 10.0. The van der Waals surface area contributed by atoms with Crippen molar-refractivity contribution in [2.24, 2.45) is 0 Å². The molecule has 118 valence electrons. The molecule has 0 amide bonds. The van der Waals surface area contributed by atoms with Crippen LogP contribution in [0.25, 0.3) is 22.0 Å². The minimum atomic E-state index is 0.637. The largest absolute Gasteiger partial charge is 0.348 e. The molecule has 1 heterocycles. The summed E-state index contributed by atoms with van der Waals surface area (Å²) >= 11 is 12.1. The Kier molecular flexibility index (Phi) is 4.01. The van der Waals surface area contributed by atoms with Gasteiger partial charge in [0.25, 0.3) is 0 Å². The van der Waals surface area contributed by atoms with Crippen molar-refractivity contribution in [2.75, 3.05) is 0 Å². The van der Waals surface area contributed by atoms with Crippen LogP contribution in [0.15, 0.2) is 66.9 Å². The summed E-state index contributed by atoms with van der Waals surface area (Å²) < 4.78 is 0. The fraction of sp³-hybridized carbons (Fsp3) is 0.0500. The molecule has 1 aromatic heterocycles.